The summed E-state index contributed by atoms with van der Waals surface area (Å²) in [6, 6.07) is 0.370. The maximum Gasteiger partial charge on any atom is 0.153 e. The van der Waals surface area contributed by atoms with E-state index in [1.165, 1.54) is 12.8 Å². The van der Waals surface area contributed by atoms with Gasteiger partial charge in [-0.05, 0) is 25.7 Å². The Morgan fingerprint density at radius 3 is 2.78 bits per heavy atom. The average Bonchev–Trinajstić information content (AvgIpc) is 2.98. The van der Waals surface area contributed by atoms with Crippen molar-refractivity contribution in [1.82, 2.24) is 19.6 Å². The second-order valence-corrected chi connectivity index (χ2v) is 5.01. The molecule has 5 nitrogen and oxygen atoms in total. The van der Waals surface area contributed by atoms with Crippen LogP contribution in [0.4, 0.5) is 0 Å². The number of carbonyl (C=O) groups excluding carboxylic acids is 1. The number of nitrogens with zero attached hydrogens (tertiary/aromatic N) is 4. The summed E-state index contributed by atoms with van der Waals surface area (Å²) < 4.78 is 3.64. The zero-order valence-corrected chi connectivity index (χ0v) is 10.6. The molecule has 1 saturated carbocycles. The van der Waals surface area contributed by atoms with Crippen LogP contribution in [0.2, 0.25) is 0 Å². The van der Waals surface area contributed by atoms with Gasteiger partial charge in [-0.25, -0.2) is 0 Å². The Kier molecular flexibility index (Phi) is 2.54. The van der Waals surface area contributed by atoms with Gasteiger partial charge in [0, 0.05) is 25.0 Å². The van der Waals surface area contributed by atoms with Crippen molar-refractivity contribution in [3.8, 4) is 11.3 Å². The largest absolute Gasteiger partial charge is 0.298 e. The molecule has 1 aliphatic rings. The van der Waals surface area contributed by atoms with Crippen molar-refractivity contribution in [3.05, 3.63) is 24.2 Å². The number of hydrogen-bond donors (Lipinski definition) is 0. The number of hydrogen-bond acceptors (Lipinski definition) is 3. The topological polar surface area (TPSA) is 52.7 Å². The van der Waals surface area contributed by atoms with Crippen molar-refractivity contribution in [1.29, 1.82) is 0 Å². The lowest BCUT2D eigenvalue weighted by Crippen LogP contribution is -2.07. The molecule has 0 bridgehead atoms. The lowest BCUT2D eigenvalue weighted by Gasteiger charge is -2.09. The Bertz CT molecular complexity index is 580. The Labute approximate surface area is 105 Å². The smallest absolute Gasteiger partial charge is 0.153 e. The second kappa shape index (κ2) is 4.08. The molecule has 0 spiro atoms. The van der Waals surface area contributed by atoms with Gasteiger partial charge in [0.1, 0.15) is 5.69 Å². The Balaban J connectivity index is 2.00. The highest BCUT2D eigenvalue weighted by atomic mass is 16.1. The first kappa shape index (κ1) is 11.2. The highest BCUT2D eigenvalue weighted by Gasteiger charge is 2.30. The van der Waals surface area contributed by atoms with E-state index < -0.39 is 0 Å². The molecule has 0 amide bonds. The van der Waals surface area contributed by atoms with Crippen molar-refractivity contribution < 1.29 is 4.79 Å². The van der Waals surface area contributed by atoms with Crippen molar-refractivity contribution in [2.24, 2.45) is 13.0 Å². The van der Waals surface area contributed by atoms with Crippen LogP contribution >= 0.6 is 0 Å². The molecule has 0 radical (unpaired) electrons. The van der Waals surface area contributed by atoms with Gasteiger partial charge < -0.3 is 0 Å². The van der Waals surface area contributed by atoms with Crippen molar-refractivity contribution in [2.75, 3.05) is 0 Å². The highest BCUT2D eigenvalue weighted by molar-refractivity contribution is 5.85. The molecule has 18 heavy (non-hydrogen) atoms. The third-order valence-corrected chi connectivity index (χ3v) is 3.59. The fourth-order valence-corrected chi connectivity index (χ4v) is 2.26. The van der Waals surface area contributed by atoms with Crippen LogP contribution in [0.15, 0.2) is 18.6 Å². The van der Waals surface area contributed by atoms with E-state index in [1.54, 1.807) is 10.9 Å². The Morgan fingerprint density at radius 1 is 1.44 bits per heavy atom. The first-order valence-electron chi connectivity index (χ1n) is 6.22. The molecule has 94 valence electrons. The molecule has 0 N–H and O–H groups in total. The van der Waals surface area contributed by atoms with Crippen molar-refractivity contribution in [3.63, 3.8) is 0 Å². The van der Waals surface area contributed by atoms with E-state index in [1.807, 2.05) is 24.1 Å². The maximum atomic E-state index is 11.1. The molecular formula is C13H16N4O. The molecule has 2 aromatic heterocycles. The van der Waals surface area contributed by atoms with Crippen LogP contribution < -0.4 is 0 Å². The van der Waals surface area contributed by atoms with E-state index in [9.17, 15) is 4.79 Å². The van der Waals surface area contributed by atoms with Crippen LogP contribution in [0.5, 0.6) is 0 Å². The van der Waals surface area contributed by atoms with E-state index in [-0.39, 0.29) is 0 Å². The summed E-state index contributed by atoms with van der Waals surface area (Å²) in [7, 11) is 1.86. The van der Waals surface area contributed by atoms with Crippen molar-refractivity contribution >= 4 is 6.29 Å². The van der Waals surface area contributed by atoms with Crippen LogP contribution in [0, 0.1) is 5.92 Å². The van der Waals surface area contributed by atoms with Crippen LogP contribution in [-0.4, -0.2) is 25.8 Å². The van der Waals surface area contributed by atoms with Gasteiger partial charge >= 0.3 is 0 Å². The van der Waals surface area contributed by atoms with E-state index in [0.717, 1.165) is 17.5 Å². The van der Waals surface area contributed by atoms with Gasteiger partial charge in [0.05, 0.1) is 17.8 Å². The number of carbonyl (C=O) groups is 1. The monoisotopic (exact) mass is 244 g/mol. The zero-order valence-electron chi connectivity index (χ0n) is 10.6. The van der Waals surface area contributed by atoms with Crippen molar-refractivity contribution in [2.45, 2.75) is 25.8 Å². The average molecular weight is 244 g/mol. The highest BCUT2D eigenvalue weighted by Crippen LogP contribution is 2.39. The number of aromatic nitrogens is 4. The lowest BCUT2D eigenvalue weighted by molar-refractivity contribution is 0.112. The van der Waals surface area contributed by atoms with Gasteiger partial charge in [-0.2, -0.15) is 10.2 Å². The van der Waals surface area contributed by atoms with E-state index in [0.29, 0.717) is 17.5 Å². The third kappa shape index (κ3) is 1.85. The molecule has 3 rings (SSSR count). The van der Waals surface area contributed by atoms with Crippen LogP contribution in [0.3, 0.4) is 0 Å². The minimum Gasteiger partial charge on any atom is -0.298 e. The fraction of sp³-hybridized carbons (Fsp3) is 0.462. The Morgan fingerprint density at radius 2 is 2.22 bits per heavy atom. The quantitative estimate of drug-likeness (QED) is 0.774. The van der Waals surface area contributed by atoms with Gasteiger partial charge in [0.2, 0.25) is 0 Å². The molecule has 0 saturated heterocycles. The van der Waals surface area contributed by atoms with E-state index >= 15 is 0 Å². The summed E-state index contributed by atoms with van der Waals surface area (Å²) in [5.74, 6) is 0.714. The van der Waals surface area contributed by atoms with Gasteiger partial charge in [0.15, 0.2) is 6.29 Å². The molecule has 1 atom stereocenters. The number of rotatable bonds is 4. The zero-order chi connectivity index (χ0) is 12.7. The summed E-state index contributed by atoms with van der Waals surface area (Å²) in [6.07, 6.45) is 8.85. The first-order valence-corrected chi connectivity index (χ1v) is 6.22. The first-order chi connectivity index (χ1) is 8.69. The van der Waals surface area contributed by atoms with Crippen LogP contribution in [0.25, 0.3) is 11.3 Å². The van der Waals surface area contributed by atoms with Gasteiger partial charge in [-0.1, -0.05) is 0 Å². The third-order valence-electron chi connectivity index (χ3n) is 3.59. The molecule has 5 heteroatoms. The lowest BCUT2D eigenvalue weighted by atomic mass is 10.2. The predicted octanol–water partition coefficient (Wildman–Crippen LogP) is 2.07. The SMILES string of the molecule is CC(C1CC1)n1cc(C=O)c(-c2cnn(C)c2)n1. The molecule has 2 heterocycles. The van der Waals surface area contributed by atoms with Crippen LogP contribution in [-0.2, 0) is 7.05 Å². The van der Waals surface area contributed by atoms with E-state index in [2.05, 4.69) is 17.1 Å². The number of aryl methyl sites for hydroxylation is 1. The maximum absolute atomic E-state index is 11.1. The Hall–Kier alpha value is -1.91. The molecular weight excluding hydrogens is 228 g/mol. The van der Waals surface area contributed by atoms with E-state index in [4.69, 9.17) is 0 Å². The predicted molar refractivity (Wildman–Crippen MR) is 67.3 cm³/mol. The molecule has 0 aromatic carbocycles. The summed E-state index contributed by atoms with van der Waals surface area (Å²) in [6.45, 7) is 2.16. The molecule has 1 unspecified atom stereocenters. The molecule has 0 aliphatic heterocycles. The molecule has 2 aromatic rings. The number of aldehydes is 1. The second-order valence-electron chi connectivity index (χ2n) is 5.01. The van der Waals surface area contributed by atoms with Gasteiger partial charge in [0.25, 0.3) is 0 Å². The molecule has 1 aliphatic carbocycles. The summed E-state index contributed by atoms with van der Waals surface area (Å²) in [5, 5.41) is 8.68. The normalized spacial score (nSPS) is 16.8. The minimum absolute atomic E-state index is 0.370. The standard InChI is InChI=1S/C13H16N4O/c1-9(10-3-4-10)17-7-12(8-18)13(15-17)11-5-14-16(2)6-11/h5-10H,3-4H2,1-2H3. The van der Waals surface area contributed by atoms with Gasteiger partial charge in [-0.3, -0.25) is 14.2 Å². The summed E-state index contributed by atoms with van der Waals surface area (Å²) in [5.41, 5.74) is 2.25. The van der Waals surface area contributed by atoms with Crippen LogP contribution in [0.1, 0.15) is 36.2 Å². The summed E-state index contributed by atoms with van der Waals surface area (Å²) in [4.78, 5) is 11.1. The van der Waals surface area contributed by atoms with Gasteiger partial charge in [-0.15, -0.1) is 0 Å². The fourth-order valence-electron chi connectivity index (χ4n) is 2.26. The molecule has 1 fully saturated rings. The minimum atomic E-state index is 0.370. The summed E-state index contributed by atoms with van der Waals surface area (Å²) >= 11 is 0.